The molecule has 8 heteroatoms. The Morgan fingerprint density at radius 2 is 1.93 bits per heavy atom. The zero-order valence-electron chi connectivity index (χ0n) is 15.8. The molecule has 2 aromatic carbocycles. The Hall–Kier alpha value is -2.87. The fourth-order valence-electron chi connectivity index (χ4n) is 3.25. The molecule has 3 heterocycles. The number of methoxy groups -OCH3 is 1. The highest BCUT2D eigenvalue weighted by Gasteiger charge is 2.27. The second-order valence-corrected chi connectivity index (χ2v) is 8.95. The number of amides is 1. The van der Waals surface area contributed by atoms with Gasteiger partial charge in [-0.2, -0.15) is 0 Å². The highest BCUT2D eigenvalue weighted by molar-refractivity contribution is 7.23. The van der Waals surface area contributed by atoms with Crippen LogP contribution < -0.4 is 9.64 Å². The predicted molar refractivity (Wildman–Crippen MR) is 122 cm³/mol. The molecular weight excluding hydrogens is 440 g/mol. The van der Waals surface area contributed by atoms with E-state index in [1.165, 1.54) is 22.7 Å². The molecule has 0 radical (unpaired) electrons. The quantitative estimate of drug-likeness (QED) is 0.299. The van der Waals surface area contributed by atoms with Gasteiger partial charge in [-0.25, -0.2) is 4.98 Å². The SMILES string of the molecule is COc1cccc2sc(N(Cc3ccco3)C(=O)c3sc4ccccc4c3Cl)nc12. The summed E-state index contributed by atoms with van der Waals surface area (Å²) in [5.41, 5.74) is 0.722. The molecule has 0 saturated carbocycles. The van der Waals surface area contributed by atoms with Crippen molar-refractivity contribution >= 4 is 65.6 Å². The van der Waals surface area contributed by atoms with Crippen molar-refractivity contribution in [3.05, 3.63) is 76.5 Å². The molecule has 5 nitrogen and oxygen atoms in total. The number of rotatable bonds is 5. The number of thiophene rings is 1. The lowest BCUT2D eigenvalue weighted by molar-refractivity contribution is 0.0987. The van der Waals surface area contributed by atoms with E-state index in [-0.39, 0.29) is 12.5 Å². The van der Waals surface area contributed by atoms with Crippen molar-refractivity contribution in [2.45, 2.75) is 6.54 Å². The van der Waals surface area contributed by atoms with Crippen LogP contribution in [0.25, 0.3) is 20.3 Å². The number of carbonyl (C=O) groups excluding carboxylic acids is 1. The molecule has 5 aromatic rings. The van der Waals surface area contributed by atoms with Crippen LogP contribution in [-0.4, -0.2) is 18.0 Å². The largest absolute Gasteiger partial charge is 0.494 e. The van der Waals surface area contributed by atoms with Crippen LogP contribution in [0.15, 0.2) is 65.3 Å². The Bertz CT molecular complexity index is 1360. The molecule has 0 bridgehead atoms. The zero-order chi connectivity index (χ0) is 20.7. The van der Waals surface area contributed by atoms with Crippen molar-refractivity contribution in [2.75, 3.05) is 12.0 Å². The first kappa shape index (κ1) is 19.1. The van der Waals surface area contributed by atoms with Gasteiger partial charge in [-0.15, -0.1) is 11.3 Å². The first-order valence-corrected chi connectivity index (χ1v) is 11.1. The average Bonchev–Trinajstić information content (AvgIpc) is 3.50. The molecule has 150 valence electrons. The van der Waals surface area contributed by atoms with Crippen molar-refractivity contribution in [1.82, 2.24) is 4.98 Å². The minimum absolute atomic E-state index is 0.212. The minimum Gasteiger partial charge on any atom is -0.494 e. The van der Waals surface area contributed by atoms with E-state index in [0.717, 1.165) is 20.3 Å². The van der Waals surface area contributed by atoms with E-state index in [0.29, 0.717) is 26.5 Å². The van der Waals surface area contributed by atoms with Crippen molar-refractivity contribution in [2.24, 2.45) is 0 Å². The summed E-state index contributed by atoms with van der Waals surface area (Å²) in [6.07, 6.45) is 1.59. The molecule has 0 saturated heterocycles. The molecule has 0 aliphatic rings. The monoisotopic (exact) mass is 454 g/mol. The molecular formula is C22H15ClN2O3S2. The first-order valence-electron chi connectivity index (χ1n) is 9.10. The molecule has 0 unspecified atom stereocenters. The molecule has 1 amide bonds. The molecule has 0 aliphatic carbocycles. The lowest BCUT2D eigenvalue weighted by atomic mass is 10.2. The Balaban J connectivity index is 1.63. The summed E-state index contributed by atoms with van der Waals surface area (Å²) in [4.78, 5) is 20.4. The second kappa shape index (κ2) is 7.75. The van der Waals surface area contributed by atoms with Gasteiger partial charge >= 0.3 is 0 Å². The van der Waals surface area contributed by atoms with Gasteiger partial charge in [-0.05, 0) is 30.3 Å². The van der Waals surface area contributed by atoms with Gasteiger partial charge < -0.3 is 9.15 Å². The third kappa shape index (κ3) is 3.25. The van der Waals surface area contributed by atoms with Crippen LogP contribution in [0.4, 0.5) is 5.13 Å². The van der Waals surface area contributed by atoms with Crippen molar-refractivity contribution in [1.29, 1.82) is 0 Å². The van der Waals surface area contributed by atoms with Gasteiger partial charge in [0.05, 0.1) is 29.6 Å². The third-order valence-electron chi connectivity index (χ3n) is 4.69. The number of benzene rings is 2. The Morgan fingerprint density at radius 1 is 1.10 bits per heavy atom. The molecule has 0 N–H and O–H groups in total. The number of thiazole rings is 1. The number of ether oxygens (including phenoxy) is 1. The number of aromatic nitrogens is 1. The molecule has 0 fully saturated rings. The summed E-state index contributed by atoms with van der Waals surface area (Å²) in [5, 5.41) is 1.89. The van der Waals surface area contributed by atoms with Gasteiger partial charge in [0, 0.05) is 10.1 Å². The van der Waals surface area contributed by atoms with E-state index in [1.807, 2.05) is 48.5 Å². The number of anilines is 1. The van der Waals surface area contributed by atoms with Gasteiger partial charge in [-0.3, -0.25) is 9.69 Å². The minimum atomic E-state index is -0.212. The van der Waals surface area contributed by atoms with Gasteiger partial charge in [0.25, 0.3) is 5.91 Å². The van der Waals surface area contributed by atoms with Crippen molar-refractivity contribution in [3.63, 3.8) is 0 Å². The number of hydrogen-bond acceptors (Lipinski definition) is 6. The van der Waals surface area contributed by atoms with E-state index in [4.69, 9.17) is 25.7 Å². The zero-order valence-corrected chi connectivity index (χ0v) is 18.2. The van der Waals surface area contributed by atoms with Crippen LogP contribution in [0.3, 0.4) is 0 Å². The summed E-state index contributed by atoms with van der Waals surface area (Å²) in [6, 6.07) is 17.1. The third-order valence-corrected chi connectivity index (χ3v) is 7.40. The Labute approximate surface area is 185 Å². The first-order chi connectivity index (χ1) is 14.7. The lowest BCUT2D eigenvalue weighted by Gasteiger charge is -2.18. The average molecular weight is 455 g/mol. The van der Waals surface area contributed by atoms with Crippen LogP contribution in [-0.2, 0) is 6.54 Å². The molecule has 5 rings (SSSR count). The van der Waals surface area contributed by atoms with Crippen LogP contribution in [0.2, 0.25) is 5.02 Å². The van der Waals surface area contributed by atoms with E-state index >= 15 is 0 Å². The maximum atomic E-state index is 13.6. The number of fused-ring (bicyclic) bond motifs is 2. The smallest absolute Gasteiger partial charge is 0.272 e. The number of hydrogen-bond donors (Lipinski definition) is 0. The fourth-order valence-corrected chi connectivity index (χ4v) is 5.69. The second-order valence-electron chi connectivity index (χ2n) is 6.52. The van der Waals surface area contributed by atoms with Crippen molar-refractivity contribution < 1.29 is 13.9 Å². The summed E-state index contributed by atoms with van der Waals surface area (Å²) < 4.78 is 12.8. The molecule has 0 aliphatic heterocycles. The number of furan rings is 1. The molecule has 30 heavy (non-hydrogen) atoms. The van der Waals surface area contributed by atoms with Crippen LogP contribution in [0.1, 0.15) is 15.4 Å². The predicted octanol–water partition coefficient (Wildman–Crippen LogP) is 6.61. The summed E-state index contributed by atoms with van der Waals surface area (Å²) in [7, 11) is 1.61. The van der Waals surface area contributed by atoms with E-state index < -0.39 is 0 Å². The Morgan fingerprint density at radius 3 is 2.70 bits per heavy atom. The standard InChI is InChI=1S/C22H15ClN2O3S2/c1-27-15-8-4-10-17-19(15)24-22(30-17)25(12-13-6-5-11-28-13)21(26)20-18(23)14-7-2-3-9-16(14)29-20/h2-11H,12H2,1H3. The summed E-state index contributed by atoms with van der Waals surface area (Å²) >= 11 is 9.40. The van der Waals surface area contributed by atoms with Crippen LogP contribution in [0, 0.1) is 0 Å². The van der Waals surface area contributed by atoms with Gasteiger partial charge in [0.2, 0.25) is 0 Å². The molecule has 0 atom stereocenters. The highest BCUT2D eigenvalue weighted by Crippen LogP contribution is 2.39. The van der Waals surface area contributed by atoms with E-state index in [2.05, 4.69) is 0 Å². The van der Waals surface area contributed by atoms with Gasteiger partial charge in [0.1, 0.15) is 21.9 Å². The van der Waals surface area contributed by atoms with E-state index in [9.17, 15) is 4.79 Å². The molecule has 0 spiro atoms. The number of carbonyl (C=O) groups is 1. The number of halogens is 1. The Kier molecular flexibility index (Phi) is 4.94. The summed E-state index contributed by atoms with van der Waals surface area (Å²) in [6.45, 7) is 0.249. The van der Waals surface area contributed by atoms with Crippen LogP contribution in [0.5, 0.6) is 5.75 Å². The lowest BCUT2D eigenvalue weighted by Crippen LogP contribution is -2.29. The number of nitrogens with zero attached hydrogens (tertiary/aromatic N) is 2. The van der Waals surface area contributed by atoms with Gasteiger partial charge in [-0.1, -0.05) is 47.2 Å². The number of para-hydroxylation sites is 1. The van der Waals surface area contributed by atoms with Crippen molar-refractivity contribution in [3.8, 4) is 5.75 Å². The maximum Gasteiger partial charge on any atom is 0.272 e. The topological polar surface area (TPSA) is 55.6 Å². The highest BCUT2D eigenvalue weighted by atomic mass is 35.5. The molecule has 3 aromatic heterocycles. The summed E-state index contributed by atoms with van der Waals surface area (Å²) in [5.74, 6) is 1.11. The van der Waals surface area contributed by atoms with Gasteiger partial charge in [0.15, 0.2) is 5.13 Å². The van der Waals surface area contributed by atoms with Crippen LogP contribution >= 0.6 is 34.3 Å². The maximum absolute atomic E-state index is 13.6. The van der Waals surface area contributed by atoms with E-state index in [1.54, 1.807) is 24.3 Å². The normalized spacial score (nSPS) is 11.3. The fraction of sp³-hybridized carbons (Fsp3) is 0.0909.